The highest BCUT2D eigenvalue weighted by atomic mass is 15.2. The molecule has 0 spiro atoms. The molecule has 1 saturated heterocycles. The van der Waals surface area contributed by atoms with Crippen molar-refractivity contribution in [1.82, 2.24) is 10.2 Å². The Morgan fingerprint density at radius 3 is 2.59 bits per heavy atom. The molecule has 2 heteroatoms. The van der Waals surface area contributed by atoms with Crippen LogP contribution in [0.25, 0.3) is 0 Å². The van der Waals surface area contributed by atoms with Crippen molar-refractivity contribution in [2.75, 3.05) is 32.7 Å². The molecule has 0 atom stereocenters. The number of nitrogens with zero attached hydrogens (tertiary/aromatic N) is 1. The SMILES string of the molecule is C/C(=C\CCN1CCNCC1)C1CCCCC1. The quantitative estimate of drug-likeness (QED) is 0.755. The Morgan fingerprint density at radius 2 is 1.88 bits per heavy atom. The van der Waals surface area contributed by atoms with E-state index in [9.17, 15) is 0 Å². The Labute approximate surface area is 106 Å². The molecule has 0 aromatic heterocycles. The fourth-order valence-electron chi connectivity index (χ4n) is 3.13. The van der Waals surface area contributed by atoms with Gasteiger partial charge < -0.3 is 10.2 Å². The summed E-state index contributed by atoms with van der Waals surface area (Å²) in [5.41, 5.74) is 1.67. The molecule has 2 fully saturated rings. The molecule has 1 N–H and O–H groups in total. The van der Waals surface area contributed by atoms with Crippen LogP contribution in [0.3, 0.4) is 0 Å². The molecule has 0 aromatic carbocycles. The van der Waals surface area contributed by atoms with Crippen LogP contribution in [0.1, 0.15) is 45.4 Å². The second-order valence-corrected chi connectivity index (χ2v) is 5.66. The summed E-state index contributed by atoms with van der Waals surface area (Å²) in [6, 6.07) is 0. The van der Waals surface area contributed by atoms with Gasteiger partial charge in [0.15, 0.2) is 0 Å². The normalized spacial score (nSPS) is 25.1. The van der Waals surface area contributed by atoms with Gasteiger partial charge in [0.05, 0.1) is 0 Å². The number of hydrogen-bond donors (Lipinski definition) is 1. The van der Waals surface area contributed by atoms with Gasteiger partial charge in [0.2, 0.25) is 0 Å². The predicted octanol–water partition coefficient (Wildman–Crippen LogP) is 2.81. The van der Waals surface area contributed by atoms with E-state index >= 15 is 0 Å². The van der Waals surface area contributed by atoms with Crippen molar-refractivity contribution in [2.24, 2.45) is 5.92 Å². The van der Waals surface area contributed by atoms with Crippen LogP contribution in [0.15, 0.2) is 11.6 Å². The minimum Gasteiger partial charge on any atom is -0.314 e. The third-order valence-corrected chi connectivity index (χ3v) is 4.37. The smallest absolute Gasteiger partial charge is 0.0107 e. The van der Waals surface area contributed by atoms with Crippen LogP contribution in [0, 0.1) is 5.92 Å². The Morgan fingerprint density at radius 1 is 1.18 bits per heavy atom. The molecule has 1 aliphatic carbocycles. The lowest BCUT2D eigenvalue weighted by atomic mass is 9.84. The first kappa shape index (κ1) is 13.1. The van der Waals surface area contributed by atoms with Gasteiger partial charge in [-0.3, -0.25) is 0 Å². The van der Waals surface area contributed by atoms with E-state index in [4.69, 9.17) is 0 Å². The lowest BCUT2D eigenvalue weighted by molar-refractivity contribution is 0.245. The first-order chi connectivity index (χ1) is 8.36. The van der Waals surface area contributed by atoms with E-state index in [0.29, 0.717) is 0 Å². The van der Waals surface area contributed by atoms with E-state index in [2.05, 4.69) is 23.2 Å². The standard InChI is InChI=1S/C15H28N2/c1-14(15-7-3-2-4-8-15)6-5-11-17-12-9-16-10-13-17/h6,15-16H,2-5,7-13H2,1H3/b14-6+. The zero-order valence-electron chi connectivity index (χ0n) is 11.4. The van der Waals surface area contributed by atoms with Crippen LogP contribution in [0.2, 0.25) is 0 Å². The van der Waals surface area contributed by atoms with E-state index in [1.54, 1.807) is 5.57 Å². The molecular formula is C15H28N2. The van der Waals surface area contributed by atoms with Crippen molar-refractivity contribution in [3.63, 3.8) is 0 Å². The van der Waals surface area contributed by atoms with Gasteiger partial charge in [0.1, 0.15) is 0 Å². The third kappa shape index (κ3) is 4.44. The Hall–Kier alpha value is -0.340. The third-order valence-electron chi connectivity index (χ3n) is 4.37. The molecule has 0 aromatic rings. The zero-order valence-corrected chi connectivity index (χ0v) is 11.4. The maximum Gasteiger partial charge on any atom is 0.0107 e. The topological polar surface area (TPSA) is 15.3 Å². The Bertz CT molecular complexity index is 235. The lowest BCUT2D eigenvalue weighted by Gasteiger charge is -2.27. The van der Waals surface area contributed by atoms with Crippen LogP contribution >= 0.6 is 0 Å². The fourth-order valence-corrected chi connectivity index (χ4v) is 3.13. The number of piperazine rings is 1. The van der Waals surface area contributed by atoms with Crippen LogP contribution in [0.5, 0.6) is 0 Å². The molecular weight excluding hydrogens is 208 g/mol. The molecule has 0 unspecified atom stereocenters. The maximum atomic E-state index is 3.41. The van der Waals surface area contributed by atoms with Gasteiger partial charge in [-0.25, -0.2) is 0 Å². The molecule has 2 rings (SSSR count). The minimum absolute atomic E-state index is 0.909. The number of hydrogen-bond acceptors (Lipinski definition) is 2. The molecule has 0 bridgehead atoms. The van der Waals surface area contributed by atoms with E-state index in [-0.39, 0.29) is 0 Å². The predicted molar refractivity (Wildman–Crippen MR) is 74.3 cm³/mol. The minimum atomic E-state index is 0.909. The molecule has 1 saturated carbocycles. The van der Waals surface area contributed by atoms with Crippen LogP contribution in [-0.2, 0) is 0 Å². The van der Waals surface area contributed by atoms with Crippen molar-refractivity contribution in [3.8, 4) is 0 Å². The summed E-state index contributed by atoms with van der Waals surface area (Å²) in [6.45, 7) is 8.42. The van der Waals surface area contributed by atoms with Crippen molar-refractivity contribution in [1.29, 1.82) is 0 Å². The van der Waals surface area contributed by atoms with Gasteiger partial charge in [-0.15, -0.1) is 0 Å². The van der Waals surface area contributed by atoms with Gasteiger partial charge in [-0.1, -0.05) is 30.9 Å². The number of rotatable bonds is 4. The maximum absolute atomic E-state index is 3.41. The van der Waals surface area contributed by atoms with Gasteiger partial charge in [-0.05, 0) is 32.1 Å². The summed E-state index contributed by atoms with van der Waals surface area (Å²) in [6.07, 6.45) is 11.0. The first-order valence-corrected chi connectivity index (χ1v) is 7.46. The van der Waals surface area contributed by atoms with Gasteiger partial charge >= 0.3 is 0 Å². The van der Waals surface area contributed by atoms with Crippen molar-refractivity contribution < 1.29 is 0 Å². The number of allylic oxidation sites excluding steroid dienone is 1. The molecule has 1 aliphatic heterocycles. The highest BCUT2D eigenvalue weighted by Gasteiger charge is 2.14. The zero-order chi connectivity index (χ0) is 11.9. The summed E-state index contributed by atoms with van der Waals surface area (Å²) < 4.78 is 0. The van der Waals surface area contributed by atoms with Crippen LogP contribution in [0.4, 0.5) is 0 Å². The molecule has 98 valence electrons. The number of nitrogens with one attached hydrogen (secondary N) is 1. The molecule has 1 heterocycles. The Balaban J connectivity index is 1.67. The van der Waals surface area contributed by atoms with E-state index < -0.39 is 0 Å². The van der Waals surface area contributed by atoms with Gasteiger partial charge in [-0.2, -0.15) is 0 Å². The molecule has 2 aliphatic rings. The van der Waals surface area contributed by atoms with Crippen molar-refractivity contribution in [3.05, 3.63) is 11.6 Å². The second kappa shape index (κ2) is 7.17. The molecule has 2 nitrogen and oxygen atoms in total. The van der Waals surface area contributed by atoms with Crippen LogP contribution in [-0.4, -0.2) is 37.6 Å². The van der Waals surface area contributed by atoms with Gasteiger partial charge in [0, 0.05) is 32.7 Å². The first-order valence-electron chi connectivity index (χ1n) is 7.46. The summed E-state index contributed by atoms with van der Waals surface area (Å²) in [5, 5.41) is 3.41. The average molecular weight is 236 g/mol. The summed E-state index contributed by atoms with van der Waals surface area (Å²) in [4.78, 5) is 2.58. The molecule has 0 radical (unpaired) electrons. The highest BCUT2D eigenvalue weighted by Crippen LogP contribution is 2.29. The van der Waals surface area contributed by atoms with Crippen LogP contribution < -0.4 is 5.32 Å². The largest absolute Gasteiger partial charge is 0.314 e. The van der Waals surface area contributed by atoms with Gasteiger partial charge in [0.25, 0.3) is 0 Å². The van der Waals surface area contributed by atoms with Crippen molar-refractivity contribution in [2.45, 2.75) is 45.4 Å². The highest BCUT2D eigenvalue weighted by molar-refractivity contribution is 5.04. The van der Waals surface area contributed by atoms with Crippen molar-refractivity contribution >= 4 is 0 Å². The van der Waals surface area contributed by atoms with E-state index in [0.717, 1.165) is 5.92 Å². The van der Waals surface area contributed by atoms with E-state index in [1.807, 2.05) is 0 Å². The summed E-state index contributed by atoms with van der Waals surface area (Å²) in [7, 11) is 0. The molecule has 0 amide bonds. The summed E-state index contributed by atoms with van der Waals surface area (Å²) in [5.74, 6) is 0.909. The lowest BCUT2D eigenvalue weighted by Crippen LogP contribution is -2.43. The summed E-state index contributed by atoms with van der Waals surface area (Å²) >= 11 is 0. The van der Waals surface area contributed by atoms with E-state index in [1.165, 1.54) is 71.2 Å². The fraction of sp³-hybridized carbons (Fsp3) is 0.867. The Kier molecular flexibility index (Phi) is 5.53. The monoisotopic (exact) mass is 236 g/mol. The average Bonchev–Trinajstić information content (AvgIpc) is 2.41. The second-order valence-electron chi connectivity index (χ2n) is 5.66. The molecule has 17 heavy (non-hydrogen) atoms.